The first-order chi connectivity index (χ1) is 8.79. The monoisotopic (exact) mass is 266 g/mol. The van der Waals surface area contributed by atoms with Gasteiger partial charge in [0.05, 0.1) is 12.3 Å². The summed E-state index contributed by atoms with van der Waals surface area (Å²) in [5.74, 6) is 4.19. The summed E-state index contributed by atoms with van der Waals surface area (Å²) < 4.78 is 5.50. The fourth-order valence-corrected chi connectivity index (χ4v) is 3.34. The minimum absolute atomic E-state index is 0.646. The molecule has 1 aromatic carbocycles. The van der Waals surface area contributed by atoms with Crippen LogP contribution in [0.4, 0.5) is 11.4 Å². The lowest BCUT2D eigenvalue weighted by atomic mass is 10.0. The molecule has 1 aromatic rings. The Bertz CT molecular complexity index is 378. The largest absolute Gasteiger partial charge is 0.492 e. The lowest BCUT2D eigenvalue weighted by molar-refractivity contribution is 0.342. The highest BCUT2D eigenvalue weighted by molar-refractivity contribution is 7.99. The number of hydrogen-bond donors (Lipinski definition) is 2. The summed E-state index contributed by atoms with van der Waals surface area (Å²) in [6.45, 7) is 3.67. The lowest BCUT2D eigenvalue weighted by Crippen LogP contribution is -2.19. The fraction of sp³-hybridized carbons (Fsp3) is 0.571. The van der Waals surface area contributed by atoms with Crippen molar-refractivity contribution in [3.8, 4) is 5.75 Å². The van der Waals surface area contributed by atoms with Crippen LogP contribution in [0.3, 0.4) is 0 Å². The van der Waals surface area contributed by atoms with E-state index >= 15 is 0 Å². The maximum absolute atomic E-state index is 5.86. The molecule has 0 spiro atoms. The van der Waals surface area contributed by atoms with Crippen LogP contribution < -0.4 is 15.8 Å². The molecule has 1 heterocycles. The first kappa shape index (κ1) is 13.4. The van der Waals surface area contributed by atoms with Gasteiger partial charge in [0.2, 0.25) is 0 Å². The van der Waals surface area contributed by atoms with Crippen molar-refractivity contribution < 1.29 is 4.74 Å². The average Bonchev–Trinajstić information content (AvgIpc) is 2.41. The number of nitrogen functional groups attached to an aromatic ring is 1. The molecular weight excluding hydrogens is 244 g/mol. The normalized spacial score (nSPS) is 16.5. The van der Waals surface area contributed by atoms with Gasteiger partial charge in [-0.05, 0) is 49.3 Å². The maximum Gasteiger partial charge on any atom is 0.144 e. The summed E-state index contributed by atoms with van der Waals surface area (Å²) >= 11 is 2.07. The Hall–Kier alpha value is -1.03. The van der Waals surface area contributed by atoms with E-state index in [1.54, 1.807) is 0 Å². The van der Waals surface area contributed by atoms with E-state index in [9.17, 15) is 0 Å². The second kappa shape index (κ2) is 6.78. The standard InChI is InChI=1S/C14H22N2OS/c1-2-17-14-9-12(3-4-13(14)15)16-10-11-5-7-18-8-6-11/h3-4,9,11,16H,2,5-8,10,15H2,1H3. The molecule has 18 heavy (non-hydrogen) atoms. The SMILES string of the molecule is CCOc1cc(NCC2CCSCC2)ccc1N. The molecule has 0 aromatic heterocycles. The molecular formula is C14H22N2OS. The molecule has 1 saturated heterocycles. The number of ether oxygens (including phenoxy) is 1. The highest BCUT2D eigenvalue weighted by atomic mass is 32.2. The van der Waals surface area contributed by atoms with E-state index in [1.165, 1.54) is 24.3 Å². The number of nitrogens with one attached hydrogen (secondary N) is 1. The highest BCUT2D eigenvalue weighted by Gasteiger charge is 2.13. The van der Waals surface area contributed by atoms with Crippen LogP contribution >= 0.6 is 11.8 Å². The minimum atomic E-state index is 0.646. The summed E-state index contributed by atoms with van der Waals surface area (Å²) in [6.07, 6.45) is 2.65. The zero-order valence-corrected chi connectivity index (χ0v) is 11.8. The molecule has 2 rings (SSSR count). The lowest BCUT2D eigenvalue weighted by Gasteiger charge is -2.22. The number of hydrogen-bond acceptors (Lipinski definition) is 4. The van der Waals surface area contributed by atoms with Crippen LogP contribution in [0.2, 0.25) is 0 Å². The van der Waals surface area contributed by atoms with E-state index in [0.29, 0.717) is 12.3 Å². The zero-order valence-electron chi connectivity index (χ0n) is 10.9. The van der Waals surface area contributed by atoms with Crippen LogP contribution in [0.15, 0.2) is 18.2 Å². The third-order valence-electron chi connectivity index (χ3n) is 3.25. The number of benzene rings is 1. The summed E-state index contributed by atoms with van der Waals surface area (Å²) in [4.78, 5) is 0. The van der Waals surface area contributed by atoms with Crippen LogP contribution in [0.25, 0.3) is 0 Å². The maximum atomic E-state index is 5.86. The highest BCUT2D eigenvalue weighted by Crippen LogP contribution is 2.27. The van der Waals surface area contributed by atoms with Gasteiger partial charge in [-0.2, -0.15) is 11.8 Å². The number of anilines is 2. The Morgan fingerprint density at radius 3 is 2.89 bits per heavy atom. The van der Waals surface area contributed by atoms with Crippen molar-refractivity contribution in [1.82, 2.24) is 0 Å². The van der Waals surface area contributed by atoms with Gasteiger partial charge < -0.3 is 15.8 Å². The topological polar surface area (TPSA) is 47.3 Å². The van der Waals surface area contributed by atoms with Crippen molar-refractivity contribution in [2.24, 2.45) is 5.92 Å². The predicted octanol–water partition coefficient (Wildman–Crippen LogP) is 3.22. The van der Waals surface area contributed by atoms with Crippen LogP contribution in [0, 0.1) is 5.92 Å². The first-order valence-electron chi connectivity index (χ1n) is 6.63. The zero-order chi connectivity index (χ0) is 12.8. The van der Waals surface area contributed by atoms with Crippen LogP contribution in [0.5, 0.6) is 5.75 Å². The van der Waals surface area contributed by atoms with Gasteiger partial charge in [-0.15, -0.1) is 0 Å². The van der Waals surface area contributed by atoms with Gasteiger partial charge in [-0.3, -0.25) is 0 Å². The van der Waals surface area contributed by atoms with Crippen molar-refractivity contribution >= 4 is 23.1 Å². The summed E-state index contributed by atoms with van der Waals surface area (Å²) in [6, 6.07) is 5.93. The molecule has 0 amide bonds. The van der Waals surface area contributed by atoms with E-state index in [2.05, 4.69) is 17.1 Å². The molecule has 0 saturated carbocycles. The smallest absolute Gasteiger partial charge is 0.144 e. The van der Waals surface area contributed by atoms with Crippen LogP contribution in [0.1, 0.15) is 19.8 Å². The second-order valence-corrected chi connectivity index (χ2v) is 5.85. The first-order valence-corrected chi connectivity index (χ1v) is 7.79. The van der Waals surface area contributed by atoms with Gasteiger partial charge in [0.1, 0.15) is 5.75 Å². The third kappa shape index (κ3) is 3.73. The van der Waals surface area contributed by atoms with E-state index in [4.69, 9.17) is 10.5 Å². The average molecular weight is 266 g/mol. The molecule has 0 radical (unpaired) electrons. The van der Waals surface area contributed by atoms with Gasteiger partial charge in [0.25, 0.3) is 0 Å². The van der Waals surface area contributed by atoms with E-state index < -0.39 is 0 Å². The van der Waals surface area contributed by atoms with Gasteiger partial charge in [-0.1, -0.05) is 0 Å². The van der Waals surface area contributed by atoms with Crippen molar-refractivity contribution in [3.05, 3.63) is 18.2 Å². The summed E-state index contributed by atoms with van der Waals surface area (Å²) in [5, 5.41) is 3.50. The molecule has 0 unspecified atom stereocenters. The molecule has 3 N–H and O–H groups in total. The molecule has 4 heteroatoms. The fourth-order valence-electron chi connectivity index (χ4n) is 2.14. The molecule has 1 aliphatic rings. The summed E-state index contributed by atoms with van der Waals surface area (Å²) in [7, 11) is 0. The van der Waals surface area contributed by atoms with E-state index in [-0.39, 0.29) is 0 Å². The molecule has 1 fully saturated rings. The number of nitrogens with two attached hydrogens (primary N) is 1. The third-order valence-corrected chi connectivity index (χ3v) is 4.30. The molecule has 100 valence electrons. The van der Waals surface area contributed by atoms with Crippen molar-refractivity contribution in [3.63, 3.8) is 0 Å². The van der Waals surface area contributed by atoms with Crippen molar-refractivity contribution in [1.29, 1.82) is 0 Å². The Morgan fingerprint density at radius 1 is 1.39 bits per heavy atom. The number of thioether (sulfide) groups is 1. The number of rotatable bonds is 5. The van der Waals surface area contributed by atoms with Crippen LogP contribution in [-0.2, 0) is 0 Å². The van der Waals surface area contributed by atoms with Gasteiger partial charge in [-0.25, -0.2) is 0 Å². The van der Waals surface area contributed by atoms with Crippen molar-refractivity contribution in [2.75, 3.05) is 35.7 Å². The molecule has 1 aliphatic heterocycles. The molecule has 0 bridgehead atoms. The Balaban J connectivity index is 1.90. The Labute approximate surface area is 113 Å². The molecule has 0 aliphatic carbocycles. The second-order valence-electron chi connectivity index (χ2n) is 4.62. The molecule has 3 nitrogen and oxygen atoms in total. The minimum Gasteiger partial charge on any atom is -0.492 e. The predicted molar refractivity (Wildman–Crippen MR) is 80.6 cm³/mol. The van der Waals surface area contributed by atoms with Gasteiger partial charge >= 0.3 is 0 Å². The Kier molecular flexibility index (Phi) is 5.05. The van der Waals surface area contributed by atoms with Gasteiger partial charge in [0, 0.05) is 18.3 Å². The van der Waals surface area contributed by atoms with Crippen molar-refractivity contribution in [2.45, 2.75) is 19.8 Å². The van der Waals surface area contributed by atoms with E-state index in [0.717, 1.165) is 23.9 Å². The summed E-state index contributed by atoms with van der Waals surface area (Å²) in [5.41, 5.74) is 7.67. The Morgan fingerprint density at radius 2 is 2.17 bits per heavy atom. The molecule has 0 atom stereocenters. The van der Waals surface area contributed by atoms with Gasteiger partial charge in [0.15, 0.2) is 0 Å². The van der Waals surface area contributed by atoms with E-state index in [1.807, 2.05) is 25.1 Å². The van der Waals surface area contributed by atoms with Crippen LogP contribution in [-0.4, -0.2) is 24.7 Å². The quantitative estimate of drug-likeness (QED) is 0.803.